The maximum absolute atomic E-state index is 5.29. The van der Waals surface area contributed by atoms with Crippen LogP contribution in [0.4, 0.5) is 0 Å². The van der Waals surface area contributed by atoms with Gasteiger partial charge in [-0.2, -0.15) is 0 Å². The van der Waals surface area contributed by atoms with Gasteiger partial charge in [0, 0.05) is 12.5 Å². The molecule has 0 bridgehead atoms. The summed E-state index contributed by atoms with van der Waals surface area (Å²) < 4.78 is 0. The van der Waals surface area contributed by atoms with Crippen molar-refractivity contribution in [1.82, 2.24) is 5.32 Å². The third-order valence-corrected chi connectivity index (χ3v) is 3.03. The van der Waals surface area contributed by atoms with E-state index in [1.165, 1.54) is 25.7 Å². The molecule has 1 atom stereocenters. The van der Waals surface area contributed by atoms with Crippen LogP contribution in [-0.2, 0) is 0 Å². The van der Waals surface area contributed by atoms with Crippen molar-refractivity contribution >= 4 is 0 Å². The van der Waals surface area contributed by atoms with Gasteiger partial charge in [-0.25, -0.2) is 0 Å². The fourth-order valence-corrected chi connectivity index (χ4v) is 2.37. The third-order valence-electron chi connectivity index (χ3n) is 3.03. The summed E-state index contributed by atoms with van der Waals surface area (Å²) in [5.74, 6) is 3.64. The summed E-state index contributed by atoms with van der Waals surface area (Å²) in [4.78, 5) is 0. The van der Waals surface area contributed by atoms with E-state index in [1.807, 2.05) is 0 Å². The highest BCUT2D eigenvalue weighted by atomic mass is 14.9. The zero-order valence-corrected chi connectivity index (χ0v) is 8.68. The lowest BCUT2D eigenvalue weighted by Crippen LogP contribution is -2.34. The highest BCUT2D eigenvalue weighted by Gasteiger charge is 2.23. The normalized spacial score (nSPS) is 20.0. The first kappa shape index (κ1) is 10.6. The Kier molecular flexibility index (Phi) is 4.93. The highest BCUT2D eigenvalue weighted by molar-refractivity contribution is 4.88. The van der Waals surface area contributed by atoms with Gasteiger partial charge in [-0.05, 0) is 31.7 Å². The van der Waals surface area contributed by atoms with Crippen molar-refractivity contribution in [2.45, 2.75) is 51.5 Å². The number of hydrogen-bond acceptors (Lipinski definition) is 1. The SMILES string of the molecule is C#CCCC(NCC)C1CCCC1. The molecule has 0 saturated heterocycles. The Labute approximate surface area is 82.3 Å². The molecule has 1 aliphatic carbocycles. The predicted molar refractivity (Wildman–Crippen MR) is 57.5 cm³/mol. The molecule has 1 fully saturated rings. The molecule has 0 aliphatic heterocycles. The van der Waals surface area contributed by atoms with Crippen LogP contribution in [0.1, 0.15) is 45.4 Å². The van der Waals surface area contributed by atoms with E-state index in [0.717, 1.165) is 25.3 Å². The fraction of sp³-hybridized carbons (Fsp3) is 0.833. The molecule has 0 radical (unpaired) electrons. The molecule has 1 rings (SSSR count). The second-order valence-corrected chi connectivity index (χ2v) is 3.95. The molecule has 1 aliphatic rings. The average Bonchev–Trinajstić information content (AvgIpc) is 2.65. The first-order chi connectivity index (χ1) is 6.38. The summed E-state index contributed by atoms with van der Waals surface area (Å²) in [5, 5.41) is 3.56. The molecule has 1 unspecified atom stereocenters. The van der Waals surface area contributed by atoms with Crippen LogP contribution in [-0.4, -0.2) is 12.6 Å². The molecule has 0 spiro atoms. The Morgan fingerprint density at radius 1 is 1.46 bits per heavy atom. The Morgan fingerprint density at radius 2 is 2.15 bits per heavy atom. The van der Waals surface area contributed by atoms with E-state index < -0.39 is 0 Å². The Morgan fingerprint density at radius 3 is 2.69 bits per heavy atom. The maximum Gasteiger partial charge on any atom is 0.0104 e. The van der Waals surface area contributed by atoms with Crippen molar-refractivity contribution in [3.05, 3.63) is 0 Å². The van der Waals surface area contributed by atoms with E-state index >= 15 is 0 Å². The molecule has 1 heteroatoms. The van der Waals surface area contributed by atoms with E-state index in [-0.39, 0.29) is 0 Å². The molecular formula is C12H21N. The van der Waals surface area contributed by atoms with E-state index in [9.17, 15) is 0 Å². The van der Waals surface area contributed by atoms with Crippen LogP contribution in [0.15, 0.2) is 0 Å². The minimum atomic E-state index is 0.684. The van der Waals surface area contributed by atoms with Crippen molar-refractivity contribution < 1.29 is 0 Å². The molecule has 1 N–H and O–H groups in total. The van der Waals surface area contributed by atoms with Gasteiger partial charge in [-0.1, -0.05) is 19.8 Å². The van der Waals surface area contributed by atoms with Gasteiger partial charge in [0.2, 0.25) is 0 Å². The van der Waals surface area contributed by atoms with Crippen molar-refractivity contribution in [2.75, 3.05) is 6.54 Å². The molecule has 0 aromatic rings. The monoisotopic (exact) mass is 179 g/mol. The number of hydrogen-bond donors (Lipinski definition) is 1. The summed E-state index contributed by atoms with van der Waals surface area (Å²) in [5.41, 5.74) is 0. The Bertz CT molecular complexity index is 162. The quantitative estimate of drug-likeness (QED) is 0.640. The molecular weight excluding hydrogens is 158 g/mol. The van der Waals surface area contributed by atoms with Crippen molar-refractivity contribution in [2.24, 2.45) is 5.92 Å². The summed E-state index contributed by atoms with van der Waals surface area (Å²) in [6, 6.07) is 0.684. The van der Waals surface area contributed by atoms with Gasteiger partial charge in [0.15, 0.2) is 0 Å². The van der Waals surface area contributed by atoms with Crippen LogP contribution in [0.5, 0.6) is 0 Å². The largest absolute Gasteiger partial charge is 0.314 e. The molecule has 1 nitrogen and oxygen atoms in total. The Hall–Kier alpha value is -0.480. The van der Waals surface area contributed by atoms with E-state index in [4.69, 9.17) is 6.42 Å². The fourth-order valence-electron chi connectivity index (χ4n) is 2.37. The van der Waals surface area contributed by atoms with Gasteiger partial charge < -0.3 is 5.32 Å². The lowest BCUT2D eigenvalue weighted by Gasteiger charge is -2.23. The third kappa shape index (κ3) is 3.40. The van der Waals surface area contributed by atoms with Crippen molar-refractivity contribution in [3.8, 4) is 12.3 Å². The topological polar surface area (TPSA) is 12.0 Å². The molecule has 74 valence electrons. The molecule has 0 aromatic heterocycles. The number of rotatable bonds is 5. The second kappa shape index (κ2) is 6.05. The van der Waals surface area contributed by atoms with Crippen LogP contribution >= 0.6 is 0 Å². The van der Waals surface area contributed by atoms with Gasteiger partial charge in [0.1, 0.15) is 0 Å². The van der Waals surface area contributed by atoms with Crippen LogP contribution in [0.3, 0.4) is 0 Å². The standard InChI is InChI=1S/C12H21N/c1-3-5-10-12(13-4-2)11-8-6-7-9-11/h1,11-13H,4-10H2,2H3. The van der Waals surface area contributed by atoms with Crippen LogP contribution in [0, 0.1) is 18.3 Å². The second-order valence-electron chi connectivity index (χ2n) is 3.95. The summed E-state index contributed by atoms with van der Waals surface area (Å²) in [6.07, 6.45) is 13.0. The lowest BCUT2D eigenvalue weighted by molar-refractivity contribution is 0.349. The minimum absolute atomic E-state index is 0.684. The number of terminal acetylenes is 1. The van der Waals surface area contributed by atoms with Crippen molar-refractivity contribution in [3.63, 3.8) is 0 Å². The number of nitrogens with one attached hydrogen (secondary N) is 1. The van der Waals surface area contributed by atoms with Gasteiger partial charge in [0.25, 0.3) is 0 Å². The van der Waals surface area contributed by atoms with E-state index in [0.29, 0.717) is 6.04 Å². The zero-order chi connectivity index (χ0) is 9.52. The summed E-state index contributed by atoms with van der Waals surface area (Å²) >= 11 is 0. The molecule has 0 aromatic carbocycles. The van der Waals surface area contributed by atoms with Crippen LogP contribution in [0.25, 0.3) is 0 Å². The molecule has 0 amide bonds. The van der Waals surface area contributed by atoms with Crippen molar-refractivity contribution in [1.29, 1.82) is 0 Å². The Balaban J connectivity index is 2.31. The average molecular weight is 179 g/mol. The molecule has 13 heavy (non-hydrogen) atoms. The van der Waals surface area contributed by atoms with E-state index in [2.05, 4.69) is 18.2 Å². The van der Waals surface area contributed by atoms with Gasteiger partial charge in [-0.3, -0.25) is 0 Å². The predicted octanol–water partition coefficient (Wildman–Crippen LogP) is 2.57. The van der Waals surface area contributed by atoms with Gasteiger partial charge >= 0.3 is 0 Å². The van der Waals surface area contributed by atoms with Crippen LogP contribution in [0.2, 0.25) is 0 Å². The van der Waals surface area contributed by atoms with Gasteiger partial charge in [0.05, 0.1) is 0 Å². The highest BCUT2D eigenvalue weighted by Crippen LogP contribution is 2.29. The zero-order valence-electron chi connectivity index (χ0n) is 8.68. The summed E-state index contributed by atoms with van der Waals surface area (Å²) in [7, 11) is 0. The maximum atomic E-state index is 5.29. The lowest BCUT2D eigenvalue weighted by atomic mass is 9.94. The van der Waals surface area contributed by atoms with Gasteiger partial charge in [-0.15, -0.1) is 12.3 Å². The molecule has 1 saturated carbocycles. The van der Waals surface area contributed by atoms with Crippen LogP contribution < -0.4 is 5.32 Å². The molecule has 0 heterocycles. The minimum Gasteiger partial charge on any atom is -0.314 e. The first-order valence-corrected chi connectivity index (χ1v) is 5.55. The smallest absolute Gasteiger partial charge is 0.0104 e. The summed E-state index contributed by atoms with van der Waals surface area (Å²) in [6.45, 7) is 3.25. The first-order valence-electron chi connectivity index (χ1n) is 5.55. The van der Waals surface area contributed by atoms with E-state index in [1.54, 1.807) is 0 Å².